The van der Waals surface area contributed by atoms with Gasteiger partial charge in [-0.15, -0.1) is 0 Å². The highest BCUT2D eigenvalue weighted by Crippen LogP contribution is 2.37. The fourth-order valence-corrected chi connectivity index (χ4v) is 4.12. The van der Waals surface area contributed by atoms with Crippen LogP contribution in [0, 0.1) is 5.92 Å². The quantitative estimate of drug-likeness (QED) is 0.763. The summed E-state index contributed by atoms with van der Waals surface area (Å²) in [5.74, 6) is -0.301. The number of carboxylic acids is 1. The third-order valence-corrected chi connectivity index (χ3v) is 5.26. The van der Waals surface area contributed by atoms with Crippen LogP contribution in [0.2, 0.25) is 0 Å². The smallest absolute Gasteiger partial charge is 0.324 e. The Balaban J connectivity index is 2.10. The third-order valence-electron chi connectivity index (χ3n) is 5.26. The fourth-order valence-electron chi connectivity index (χ4n) is 4.12. The van der Waals surface area contributed by atoms with Crippen LogP contribution in [0.25, 0.3) is 0 Å². The van der Waals surface area contributed by atoms with Gasteiger partial charge >= 0.3 is 5.97 Å². The number of aliphatic carboxylic acids is 1. The summed E-state index contributed by atoms with van der Waals surface area (Å²) in [7, 11) is 0. The Labute approximate surface area is 117 Å². The molecule has 0 radical (unpaired) electrons. The molecule has 3 nitrogen and oxygen atoms in total. The van der Waals surface area contributed by atoms with Gasteiger partial charge in [-0.3, -0.25) is 10.1 Å². The summed E-state index contributed by atoms with van der Waals surface area (Å²) in [6.45, 7) is 2.14. The molecule has 0 spiro atoms. The van der Waals surface area contributed by atoms with E-state index in [1.165, 1.54) is 32.1 Å². The molecule has 2 fully saturated rings. The predicted molar refractivity (Wildman–Crippen MR) is 77.2 cm³/mol. The molecule has 110 valence electrons. The molecule has 2 atom stereocenters. The van der Waals surface area contributed by atoms with Crippen molar-refractivity contribution < 1.29 is 9.90 Å². The average Bonchev–Trinajstić information content (AvgIpc) is 2.67. The number of carboxylic acid groups (broad SMARTS) is 1. The molecule has 2 aliphatic rings. The van der Waals surface area contributed by atoms with E-state index in [1.807, 2.05) is 0 Å². The van der Waals surface area contributed by atoms with Crippen molar-refractivity contribution >= 4 is 5.97 Å². The summed E-state index contributed by atoms with van der Waals surface area (Å²) in [4.78, 5) is 11.9. The van der Waals surface area contributed by atoms with Crippen LogP contribution in [0.15, 0.2) is 0 Å². The second-order valence-corrected chi connectivity index (χ2v) is 6.46. The van der Waals surface area contributed by atoms with Gasteiger partial charge < -0.3 is 5.11 Å². The van der Waals surface area contributed by atoms with Crippen molar-refractivity contribution in [1.29, 1.82) is 0 Å². The van der Waals surface area contributed by atoms with Crippen molar-refractivity contribution in [3.63, 3.8) is 0 Å². The Hall–Kier alpha value is -0.570. The highest BCUT2D eigenvalue weighted by molar-refractivity contribution is 5.79. The van der Waals surface area contributed by atoms with Gasteiger partial charge in [0.2, 0.25) is 0 Å². The standard InChI is InChI=1S/C16H29NO2/c1-2-13-9-7-8-12-16(13,15(18)19)17-14-10-5-3-4-6-11-14/h13-14,17H,2-12H2,1H3,(H,18,19). The molecule has 0 aromatic carbocycles. The van der Waals surface area contributed by atoms with Gasteiger partial charge in [-0.2, -0.15) is 0 Å². The summed E-state index contributed by atoms with van der Waals surface area (Å²) in [6, 6.07) is 0.422. The third kappa shape index (κ3) is 3.31. The molecule has 0 heterocycles. The maximum Gasteiger partial charge on any atom is 0.324 e. The lowest BCUT2D eigenvalue weighted by atomic mass is 9.71. The second-order valence-electron chi connectivity index (χ2n) is 6.46. The molecule has 0 saturated heterocycles. The molecule has 0 amide bonds. The zero-order valence-electron chi connectivity index (χ0n) is 12.3. The first-order valence-electron chi connectivity index (χ1n) is 8.20. The molecular formula is C16H29NO2. The van der Waals surface area contributed by atoms with Gasteiger partial charge in [0.05, 0.1) is 0 Å². The van der Waals surface area contributed by atoms with Crippen molar-refractivity contribution in [2.24, 2.45) is 5.92 Å². The van der Waals surface area contributed by atoms with Crippen LogP contribution in [0.3, 0.4) is 0 Å². The maximum absolute atomic E-state index is 11.9. The minimum absolute atomic E-state index is 0.307. The SMILES string of the molecule is CCC1CCCCC1(NC1CCCCCC1)C(=O)O. The molecule has 2 N–H and O–H groups in total. The largest absolute Gasteiger partial charge is 0.480 e. The van der Waals surface area contributed by atoms with E-state index >= 15 is 0 Å². The van der Waals surface area contributed by atoms with Crippen LogP contribution in [0.4, 0.5) is 0 Å². The predicted octanol–water partition coefficient (Wildman–Crippen LogP) is 3.72. The van der Waals surface area contributed by atoms with Gasteiger partial charge in [0.15, 0.2) is 0 Å². The summed E-state index contributed by atoms with van der Waals surface area (Å²) in [6.07, 6.45) is 12.6. The molecule has 2 rings (SSSR count). The van der Waals surface area contributed by atoms with Crippen LogP contribution in [-0.2, 0) is 4.79 Å². The summed E-state index contributed by atoms with van der Waals surface area (Å²) in [5, 5.41) is 13.4. The molecule has 0 aliphatic heterocycles. The van der Waals surface area contributed by atoms with E-state index in [4.69, 9.17) is 0 Å². The van der Waals surface area contributed by atoms with E-state index in [-0.39, 0.29) is 0 Å². The molecule has 2 unspecified atom stereocenters. The molecule has 19 heavy (non-hydrogen) atoms. The number of hydrogen-bond donors (Lipinski definition) is 2. The van der Waals surface area contributed by atoms with E-state index in [0.717, 1.165) is 38.5 Å². The molecule has 0 bridgehead atoms. The Morgan fingerprint density at radius 1 is 1.11 bits per heavy atom. The second kappa shape index (κ2) is 6.74. The van der Waals surface area contributed by atoms with Crippen LogP contribution in [0.1, 0.15) is 77.6 Å². The minimum atomic E-state index is -0.637. The Morgan fingerprint density at radius 2 is 1.74 bits per heavy atom. The van der Waals surface area contributed by atoms with Crippen molar-refractivity contribution in [2.75, 3.05) is 0 Å². The number of nitrogens with one attached hydrogen (secondary N) is 1. The molecule has 0 aromatic rings. The van der Waals surface area contributed by atoms with Crippen molar-refractivity contribution in [1.82, 2.24) is 5.32 Å². The van der Waals surface area contributed by atoms with Crippen molar-refractivity contribution in [3.8, 4) is 0 Å². The van der Waals surface area contributed by atoms with E-state index in [1.54, 1.807) is 0 Å². The first-order valence-corrected chi connectivity index (χ1v) is 8.20. The van der Waals surface area contributed by atoms with Crippen LogP contribution in [0.5, 0.6) is 0 Å². The summed E-state index contributed by atoms with van der Waals surface area (Å²) >= 11 is 0. The normalized spacial score (nSPS) is 33.8. The van der Waals surface area contributed by atoms with Gasteiger partial charge in [-0.1, -0.05) is 51.9 Å². The van der Waals surface area contributed by atoms with E-state index < -0.39 is 11.5 Å². The van der Waals surface area contributed by atoms with E-state index in [0.29, 0.717) is 12.0 Å². The molecular weight excluding hydrogens is 238 g/mol. The lowest BCUT2D eigenvalue weighted by molar-refractivity contribution is -0.150. The molecule has 2 aliphatic carbocycles. The lowest BCUT2D eigenvalue weighted by Gasteiger charge is -2.43. The topological polar surface area (TPSA) is 49.3 Å². The zero-order valence-corrected chi connectivity index (χ0v) is 12.3. The van der Waals surface area contributed by atoms with Gasteiger partial charge in [0, 0.05) is 6.04 Å². The highest BCUT2D eigenvalue weighted by atomic mass is 16.4. The van der Waals surface area contributed by atoms with Crippen LogP contribution < -0.4 is 5.32 Å². The minimum Gasteiger partial charge on any atom is -0.480 e. The van der Waals surface area contributed by atoms with Gasteiger partial charge in [-0.05, 0) is 31.6 Å². The molecule has 2 saturated carbocycles. The van der Waals surface area contributed by atoms with Gasteiger partial charge in [-0.25, -0.2) is 0 Å². The molecule has 3 heteroatoms. The van der Waals surface area contributed by atoms with Gasteiger partial charge in [0.1, 0.15) is 5.54 Å². The van der Waals surface area contributed by atoms with E-state index in [2.05, 4.69) is 12.2 Å². The maximum atomic E-state index is 11.9. The fraction of sp³-hybridized carbons (Fsp3) is 0.938. The Kier molecular flexibility index (Phi) is 5.26. The number of carbonyl (C=O) groups is 1. The molecule has 0 aromatic heterocycles. The number of rotatable bonds is 4. The summed E-state index contributed by atoms with van der Waals surface area (Å²) in [5.41, 5.74) is -0.637. The summed E-state index contributed by atoms with van der Waals surface area (Å²) < 4.78 is 0. The monoisotopic (exact) mass is 267 g/mol. The number of hydrogen-bond acceptors (Lipinski definition) is 2. The zero-order chi connectivity index (χ0) is 13.7. The van der Waals surface area contributed by atoms with Gasteiger partial charge in [0.25, 0.3) is 0 Å². The Morgan fingerprint density at radius 3 is 2.32 bits per heavy atom. The van der Waals surface area contributed by atoms with Crippen LogP contribution in [-0.4, -0.2) is 22.7 Å². The first kappa shape index (κ1) is 14.8. The van der Waals surface area contributed by atoms with E-state index in [9.17, 15) is 9.90 Å². The van der Waals surface area contributed by atoms with Crippen LogP contribution >= 0.6 is 0 Å². The van der Waals surface area contributed by atoms with Crippen molar-refractivity contribution in [2.45, 2.75) is 89.1 Å². The highest BCUT2D eigenvalue weighted by Gasteiger charge is 2.47. The first-order chi connectivity index (χ1) is 9.19. The lowest BCUT2D eigenvalue weighted by Crippen LogP contribution is -2.61. The Bertz CT molecular complexity index is 297. The average molecular weight is 267 g/mol. The van der Waals surface area contributed by atoms with Crippen molar-refractivity contribution in [3.05, 3.63) is 0 Å².